The summed E-state index contributed by atoms with van der Waals surface area (Å²) < 4.78 is 6.68. The lowest BCUT2D eigenvalue weighted by Gasteiger charge is -2.14. The number of benzene rings is 1. The van der Waals surface area contributed by atoms with Crippen molar-refractivity contribution in [3.8, 4) is 17.1 Å². The molecule has 0 bridgehead atoms. The monoisotopic (exact) mass is 415 g/mol. The number of rotatable bonds is 6. The Morgan fingerprint density at radius 2 is 1.81 bits per heavy atom. The summed E-state index contributed by atoms with van der Waals surface area (Å²) >= 11 is 0. The maximum Gasteiger partial charge on any atom is 0.271 e. The van der Waals surface area contributed by atoms with Gasteiger partial charge in [-0.05, 0) is 54.8 Å². The van der Waals surface area contributed by atoms with E-state index in [1.54, 1.807) is 18.5 Å². The lowest BCUT2D eigenvalue weighted by molar-refractivity contribution is 0.431. The van der Waals surface area contributed by atoms with E-state index in [0.717, 1.165) is 30.6 Å². The van der Waals surface area contributed by atoms with Crippen LogP contribution in [0.25, 0.3) is 17.1 Å². The highest BCUT2D eigenvalue weighted by Gasteiger charge is 2.26. The highest BCUT2D eigenvalue weighted by atomic mass is 16.5. The molecule has 0 aliphatic heterocycles. The highest BCUT2D eigenvalue weighted by molar-refractivity contribution is 5.53. The van der Waals surface area contributed by atoms with Crippen molar-refractivity contribution >= 4 is 11.8 Å². The Hall–Kier alpha value is -4.01. The van der Waals surface area contributed by atoms with E-state index in [2.05, 4.69) is 30.9 Å². The van der Waals surface area contributed by atoms with Gasteiger partial charge >= 0.3 is 0 Å². The van der Waals surface area contributed by atoms with Crippen molar-refractivity contribution in [2.45, 2.75) is 31.3 Å². The van der Waals surface area contributed by atoms with E-state index >= 15 is 0 Å². The number of anilines is 2. The molecule has 3 heterocycles. The summed E-state index contributed by atoms with van der Waals surface area (Å²) in [6.45, 7) is 0. The van der Waals surface area contributed by atoms with E-state index in [1.807, 2.05) is 42.5 Å². The van der Waals surface area contributed by atoms with Crippen molar-refractivity contribution < 1.29 is 4.52 Å². The molecule has 0 radical (unpaired) electrons. The normalized spacial score (nSPS) is 18.1. The van der Waals surface area contributed by atoms with Crippen LogP contribution in [0.2, 0.25) is 0 Å². The van der Waals surface area contributed by atoms with Crippen molar-refractivity contribution in [3.05, 3.63) is 77.3 Å². The number of nitrogens with zero attached hydrogens (tertiary/aromatic N) is 5. The first kappa shape index (κ1) is 19.0. The van der Waals surface area contributed by atoms with E-state index < -0.39 is 0 Å². The van der Waals surface area contributed by atoms with Crippen LogP contribution in [0.1, 0.15) is 19.3 Å². The minimum atomic E-state index is -0.188. The van der Waals surface area contributed by atoms with Gasteiger partial charge in [0.1, 0.15) is 5.82 Å². The van der Waals surface area contributed by atoms with Crippen LogP contribution < -0.4 is 16.2 Å². The molecule has 31 heavy (non-hydrogen) atoms. The van der Waals surface area contributed by atoms with Crippen molar-refractivity contribution in [1.82, 2.24) is 24.9 Å². The number of pyridine rings is 1. The van der Waals surface area contributed by atoms with Crippen LogP contribution in [0.3, 0.4) is 0 Å². The third-order valence-corrected chi connectivity index (χ3v) is 5.27. The fourth-order valence-electron chi connectivity index (χ4n) is 3.76. The molecule has 5 rings (SSSR count). The molecular formula is C22H21N7O2. The Balaban J connectivity index is 1.17. The van der Waals surface area contributed by atoms with Crippen LogP contribution >= 0.6 is 0 Å². The van der Waals surface area contributed by atoms with Crippen LogP contribution in [-0.4, -0.2) is 37.0 Å². The second kappa shape index (κ2) is 8.39. The molecule has 3 aromatic heterocycles. The summed E-state index contributed by atoms with van der Waals surface area (Å²) in [4.78, 5) is 20.8. The maximum atomic E-state index is 11.9. The van der Waals surface area contributed by atoms with Gasteiger partial charge in [0, 0.05) is 29.9 Å². The minimum absolute atomic E-state index is 0.188. The highest BCUT2D eigenvalue weighted by Crippen LogP contribution is 2.26. The van der Waals surface area contributed by atoms with E-state index in [1.165, 1.54) is 10.7 Å². The van der Waals surface area contributed by atoms with Gasteiger partial charge in [-0.1, -0.05) is 18.2 Å². The Labute approximate surface area is 178 Å². The summed E-state index contributed by atoms with van der Waals surface area (Å²) in [7, 11) is 0. The van der Waals surface area contributed by atoms with Crippen molar-refractivity contribution in [1.29, 1.82) is 0 Å². The number of hydrogen-bond acceptors (Lipinski definition) is 8. The molecule has 4 aromatic rings. The third-order valence-electron chi connectivity index (χ3n) is 5.27. The first-order chi connectivity index (χ1) is 15.2. The Morgan fingerprint density at radius 1 is 0.968 bits per heavy atom. The molecule has 1 aliphatic carbocycles. The van der Waals surface area contributed by atoms with Gasteiger partial charge in [0.25, 0.3) is 17.4 Å². The van der Waals surface area contributed by atoms with Crippen LogP contribution in [0.5, 0.6) is 0 Å². The molecule has 0 spiro atoms. The average molecular weight is 415 g/mol. The SMILES string of the molecule is O=c1cccnn1-c1ccc(N[C@H]2CC[C@H](Nc3noc(-c4ccccc4)n3)C2)nc1. The molecule has 0 amide bonds. The van der Waals surface area contributed by atoms with Crippen molar-refractivity contribution in [3.63, 3.8) is 0 Å². The topological polar surface area (TPSA) is 111 Å². The van der Waals surface area contributed by atoms with Gasteiger partial charge < -0.3 is 15.2 Å². The molecule has 156 valence electrons. The molecule has 0 saturated heterocycles. The van der Waals surface area contributed by atoms with Gasteiger partial charge in [-0.3, -0.25) is 4.79 Å². The van der Waals surface area contributed by atoms with E-state index in [-0.39, 0.29) is 17.6 Å². The fourth-order valence-corrected chi connectivity index (χ4v) is 3.76. The van der Waals surface area contributed by atoms with Gasteiger partial charge in [-0.2, -0.15) is 14.8 Å². The van der Waals surface area contributed by atoms with Crippen molar-refractivity contribution in [2.75, 3.05) is 10.6 Å². The van der Waals surface area contributed by atoms with E-state index in [9.17, 15) is 4.79 Å². The second-order valence-electron chi connectivity index (χ2n) is 7.46. The molecule has 0 unspecified atom stereocenters. The van der Waals surface area contributed by atoms with Crippen LogP contribution in [0.15, 0.2) is 76.3 Å². The Kier molecular flexibility index (Phi) is 5.14. The first-order valence-corrected chi connectivity index (χ1v) is 10.2. The molecule has 2 atom stereocenters. The molecule has 2 N–H and O–H groups in total. The average Bonchev–Trinajstić information content (AvgIpc) is 3.45. The predicted octanol–water partition coefficient (Wildman–Crippen LogP) is 3.12. The molecule has 1 aliphatic rings. The quantitative estimate of drug-likeness (QED) is 0.494. The number of nitrogens with one attached hydrogen (secondary N) is 2. The summed E-state index contributed by atoms with van der Waals surface area (Å²) in [5.74, 6) is 1.78. The molecular weight excluding hydrogens is 394 g/mol. The lowest BCUT2D eigenvalue weighted by Crippen LogP contribution is -2.22. The van der Waals surface area contributed by atoms with Crippen LogP contribution in [0.4, 0.5) is 11.8 Å². The number of hydrogen-bond donors (Lipinski definition) is 2. The summed E-state index contributed by atoms with van der Waals surface area (Å²) in [6, 6.07) is 17.0. The predicted molar refractivity (Wildman–Crippen MR) is 116 cm³/mol. The summed E-state index contributed by atoms with van der Waals surface area (Å²) in [5.41, 5.74) is 1.34. The minimum Gasteiger partial charge on any atom is -0.367 e. The van der Waals surface area contributed by atoms with Crippen molar-refractivity contribution in [2.24, 2.45) is 0 Å². The zero-order valence-corrected chi connectivity index (χ0v) is 16.7. The zero-order valence-electron chi connectivity index (χ0n) is 16.7. The maximum absolute atomic E-state index is 11.9. The van der Waals surface area contributed by atoms with Gasteiger partial charge in [-0.15, -0.1) is 0 Å². The lowest BCUT2D eigenvalue weighted by atomic mass is 10.2. The summed E-state index contributed by atoms with van der Waals surface area (Å²) in [5, 5.41) is 14.9. The zero-order chi connectivity index (χ0) is 21.0. The fraction of sp³-hybridized carbons (Fsp3) is 0.227. The summed E-state index contributed by atoms with van der Waals surface area (Å²) in [6.07, 6.45) is 6.13. The smallest absolute Gasteiger partial charge is 0.271 e. The standard InChI is InChI=1S/C22H21N7O2/c30-20-7-4-12-24-29(20)18-10-11-19(23-14-18)25-16-8-9-17(13-16)26-22-27-21(31-28-22)15-5-2-1-3-6-15/h1-7,10-12,14,16-17H,8-9,13H2,(H,23,25)(H,26,28)/t16-,17-/m0/s1. The second-order valence-corrected chi connectivity index (χ2v) is 7.46. The first-order valence-electron chi connectivity index (χ1n) is 10.2. The van der Waals surface area contributed by atoms with Crippen LogP contribution in [-0.2, 0) is 0 Å². The largest absolute Gasteiger partial charge is 0.367 e. The molecule has 1 fully saturated rings. The Morgan fingerprint density at radius 3 is 2.58 bits per heavy atom. The van der Waals surface area contributed by atoms with Gasteiger partial charge in [0.05, 0.1) is 11.9 Å². The van der Waals surface area contributed by atoms with Gasteiger partial charge in [-0.25, -0.2) is 4.98 Å². The van der Waals surface area contributed by atoms with E-state index in [0.29, 0.717) is 17.5 Å². The molecule has 9 nitrogen and oxygen atoms in total. The molecule has 9 heteroatoms. The molecule has 1 aromatic carbocycles. The Bertz CT molecular complexity index is 1200. The number of aromatic nitrogens is 5. The van der Waals surface area contributed by atoms with Gasteiger partial charge in [0.2, 0.25) is 0 Å². The van der Waals surface area contributed by atoms with Gasteiger partial charge in [0.15, 0.2) is 0 Å². The van der Waals surface area contributed by atoms with Crippen LogP contribution in [0, 0.1) is 0 Å². The van der Waals surface area contributed by atoms with E-state index in [4.69, 9.17) is 4.52 Å². The third kappa shape index (κ3) is 4.30. The molecule has 1 saturated carbocycles.